The minimum absolute atomic E-state index is 0.188. The van der Waals surface area contributed by atoms with Crippen molar-refractivity contribution < 1.29 is 21.6 Å². The van der Waals surface area contributed by atoms with Gasteiger partial charge >= 0.3 is 6.18 Å². The quantitative estimate of drug-likeness (QED) is 0.498. The SMILES string of the molecule is CC(F)(F)F.N[SH](=O)=O. The van der Waals surface area contributed by atoms with Gasteiger partial charge in [0.05, 0.1) is 0 Å². The van der Waals surface area contributed by atoms with Crippen molar-refractivity contribution in [2.24, 2.45) is 5.14 Å². The number of halogens is 3. The van der Waals surface area contributed by atoms with E-state index in [1.54, 1.807) is 0 Å². The Morgan fingerprint density at radius 1 is 1.33 bits per heavy atom. The van der Waals surface area contributed by atoms with Gasteiger partial charge in [0.2, 0.25) is 0 Å². The zero-order valence-electron chi connectivity index (χ0n) is 4.47. The molecular formula is C2H6F3NO2S. The molecule has 0 bridgehead atoms. The Balaban J connectivity index is 0. The second-order valence-electron chi connectivity index (χ2n) is 1.07. The lowest BCUT2D eigenvalue weighted by atomic mass is 10.8. The van der Waals surface area contributed by atoms with Crippen molar-refractivity contribution >= 4 is 10.9 Å². The van der Waals surface area contributed by atoms with Crippen molar-refractivity contribution in [3.63, 3.8) is 0 Å². The Bertz CT molecular complexity index is 114. The Morgan fingerprint density at radius 2 is 1.33 bits per heavy atom. The summed E-state index contributed by atoms with van der Waals surface area (Å²) in [5, 5.41) is 4.06. The molecule has 0 aromatic rings. The van der Waals surface area contributed by atoms with E-state index in [1.807, 2.05) is 0 Å². The van der Waals surface area contributed by atoms with E-state index < -0.39 is 17.1 Å². The molecule has 0 heterocycles. The van der Waals surface area contributed by atoms with Crippen LogP contribution in [0.1, 0.15) is 6.92 Å². The highest BCUT2D eigenvalue weighted by atomic mass is 32.2. The third kappa shape index (κ3) is 2780. The second-order valence-corrected chi connectivity index (χ2v) is 1.64. The fourth-order valence-electron chi connectivity index (χ4n) is 0. The van der Waals surface area contributed by atoms with E-state index in [-0.39, 0.29) is 6.92 Å². The summed E-state index contributed by atoms with van der Waals surface area (Å²) in [4.78, 5) is 0. The molecule has 0 saturated carbocycles. The molecule has 0 aliphatic heterocycles. The van der Waals surface area contributed by atoms with Crippen molar-refractivity contribution in [3.8, 4) is 0 Å². The van der Waals surface area contributed by atoms with E-state index >= 15 is 0 Å². The van der Waals surface area contributed by atoms with E-state index in [4.69, 9.17) is 8.42 Å². The second kappa shape index (κ2) is 4.57. The van der Waals surface area contributed by atoms with Crippen LogP contribution in [0.4, 0.5) is 13.2 Å². The summed E-state index contributed by atoms with van der Waals surface area (Å²) >= 11 is 0. The van der Waals surface area contributed by atoms with Crippen molar-refractivity contribution in [1.29, 1.82) is 0 Å². The molecule has 0 amide bonds. The topological polar surface area (TPSA) is 60.2 Å². The first-order valence-electron chi connectivity index (χ1n) is 1.69. The minimum atomic E-state index is -4.00. The van der Waals surface area contributed by atoms with Gasteiger partial charge in [0.15, 0.2) is 10.9 Å². The van der Waals surface area contributed by atoms with Crippen LogP contribution >= 0.6 is 0 Å². The van der Waals surface area contributed by atoms with Crippen LogP contribution in [0.15, 0.2) is 0 Å². The van der Waals surface area contributed by atoms with E-state index in [9.17, 15) is 13.2 Å². The molecule has 0 rings (SSSR count). The number of rotatable bonds is 0. The molecule has 0 unspecified atom stereocenters. The fraction of sp³-hybridized carbons (Fsp3) is 1.00. The third-order valence-corrected chi connectivity index (χ3v) is 0. The lowest BCUT2D eigenvalue weighted by Crippen LogP contribution is -1.95. The Morgan fingerprint density at radius 3 is 1.33 bits per heavy atom. The van der Waals surface area contributed by atoms with E-state index in [2.05, 4.69) is 5.14 Å². The van der Waals surface area contributed by atoms with Crippen LogP contribution in [0, 0.1) is 0 Å². The largest absolute Gasteiger partial charge is 0.386 e. The van der Waals surface area contributed by atoms with Crippen LogP contribution in [-0.4, -0.2) is 14.6 Å². The average molecular weight is 165 g/mol. The predicted molar refractivity (Wildman–Crippen MR) is 26.2 cm³/mol. The molecule has 0 aromatic heterocycles. The van der Waals surface area contributed by atoms with Gasteiger partial charge in [0, 0.05) is 6.92 Å². The van der Waals surface area contributed by atoms with Crippen molar-refractivity contribution in [3.05, 3.63) is 0 Å². The number of nitrogens with two attached hydrogens (primary N) is 1. The molecule has 58 valence electrons. The van der Waals surface area contributed by atoms with Gasteiger partial charge in [0.1, 0.15) is 0 Å². The molecule has 2 N–H and O–H groups in total. The first kappa shape index (κ1) is 11.5. The van der Waals surface area contributed by atoms with Crippen LogP contribution in [-0.2, 0) is 10.9 Å². The molecule has 0 atom stereocenters. The van der Waals surface area contributed by atoms with Gasteiger partial charge in [-0.25, -0.2) is 13.6 Å². The van der Waals surface area contributed by atoms with Crippen molar-refractivity contribution in [2.45, 2.75) is 13.1 Å². The van der Waals surface area contributed by atoms with E-state index in [0.717, 1.165) is 0 Å². The van der Waals surface area contributed by atoms with Crippen LogP contribution < -0.4 is 5.14 Å². The van der Waals surface area contributed by atoms with Gasteiger partial charge in [-0.2, -0.15) is 13.2 Å². The number of hydrogen-bond acceptors (Lipinski definition) is 2. The lowest BCUT2D eigenvalue weighted by Gasteiger charge is -1.88. The summed E-state index contributed by atoms with van der Waals surface area (Å²) in [6, 6.07) is 0. The zero-order valence-corrected chi connectivity index (χ0v) is 5.37. The molecule has 0 aromatic carbocycles. The standard InChI is InChI=1S/C2H3F3.H3NO2S/c1-2(3,4)5;1-4(2)3/h1H3;4H,(H2,1,2,3). The zero-order chi connectivity index (χ0) is 8.08. The molecule has 0 saturated heterocycles. The third-order valence-electron chi connectivity index (χ3n) is 0. The maximum absolute atomic E-state index is 10.4. The van der Waals surface area contributed by atoms with Crippen molar-refractivity contribution in [1.82, 2.24) is 0 Å². The molecule has 0 aliphatic carbocycles. The summed E-state index contributed by atoms with van der Waals surface area (Å²) < 4.78 is 48.7. The maximum Gasteiger partial charge on any atom is 0.386 e. The van der Waals surface area contributed by atoms with Gasteiger partial charge in [-0.05, 0) is 0 Å². The van der Waals surface area contributed by atoms with Crippen LogP contribution in [0.25, 0.3) is 0 Å². The predicted octanol–water partition coefficient (Wildman–Crippen LogP) is 0.0401. The highest BCUT2D eigenvalue weighted by Crippen LogP contribution is 2.10. The minimum Gasteiger partial charge on any atom is -0.231 e. The molecular weight excluding hydrogens is 159 g/mol. The van der Waals surface area contributed by atoms with Gasteiger partial charge in [-0.3, -0.25) is 0 Å². The van der Waals surface area contributed by atoms with Crippen LogP contribution in [0.5, 0.6) is 0 Å². The van der Waals surface area contributed by atoms with Gasteiger partial charge in [-0.15, -0.1) is 0 Å². The first-order chi connectivity index (χ1) is 3.73. The Labute approximate surface area is 51.7 Å². The molecule has 3 nitrogen and oxygen atoms in total. The summed E-state index contributed by atoms with van der Waals surface area (Å²) in [5.41, 5.74) is 0. The van der Waals surface area contributed by atoms with E-state index in [0.29, 0.717) is 0 Å². The molecule has 0 spiro atoms. The number of thiol groups is 1. The fourth-order valence-corrected chi connectivity index (χ4v) is 0. The molecule has 7 heteroatoms. The maximum atomic E-state index is 10.4. The lowest BCUT2D eigenvalue weighted by molar-refractivity contribution is -0.110. The van der Waals surface area contributed by atoms with Gasteiger partial charge in [0.25, 0.3) is 0 Å². The van der Waals surface area contributed by atoms with Crippen LogP contribution in [0.3, 0.4) is 0 Å². The molecule has 0 fully saturated rings. The van der Waals surface area contributed by atoms with Gasteiger partial charge in [-0.1, -0.05) is 0 Å². The molecule has 9 heavy (non-hydrogen) atoms. The first-order valence-corrected chi connectivity index (χ1v) is 2.94. The normalized spacial score (nSPS) is 10.4. The summed E-state index contributed by atoms with van der Waals surface area (Å²) in [6.07, 6.45) is -4.00. The van der Waals surface area contributed by atoms with Crippen molar-refractivity contribution in [2.75, 3.05) is 0 Å². The number of alkyl halides is 3. The highest BCUT2D eigenvalue weighted by molar-refractivity contribution is 7.69. The Hall–Kier alpha value is -0.300. The summed E-state index contributed by atoms with van der Waals surface area (Å²) in [6.45, 7) is 0.188. The highest BCUT2D eigenvalue weighted by Gasteiger charge is 2.15. The average Bonchev–Trinajstić information content (AvgIpc) is 1.19. The van der Waals surface area contributed by atoms with Gasteiger partial charge < -0.3 is 0 Å². The number of hydrogen-bond donors (Lipinski definition) is 2. The molecule has 0 radical (unpaired) electrons. The monoisotopic (exact) mass is 165 g/mol. The summed E-state index contributed by atoms with van der Waals surface area (Å²) in [7, 11) is -2.62. The Kier molecular flexibility index (Phi) is 5.83. The van der Waals surface area contributed by atoms with Crippen LogP contribution in [0.2, 0.25) is 0 Å². The van der Waals surface area contributed by atoms with E-state index in [1.165, 1.54) is 0 Å². The molecule has 0 aliphatic rings. The summed E-state index contributed by atoms with van der Waals surface area (Å²) in [5.74, 6) is 0. The smallest absolute Gasteiger partial charge is 0.231 e.